The highest BCUT2D eigenvalue weighted by Gasteiger charge is 2.50. The van der Waals surface area contributed by atoms with Crippen LogP contribution in [0.4, 0.5) is 5.82 Å². The van der Waals surface area contributed by atoms with Gasteiger partial charge in [-0.2, -0.15) is 4.31 Å². The van der Waals surface area contributed by atoms with Crippen molar-refractivity contribution in [2.45, 2.75) is 50.9 Å². The summed E-state index contributed by atoms with van der Waals surface area (Å²) >= 11 is 1.02. The van der Waals surface area contributed by atoms with Crippen molar-refractivity contribution >= 4 is 69.1 Å². The normalized spacial score (nSPS) is 21.6. The lowest BCUT2D eigenvalue weighted by atomic mass is 9.87. The first-order valence-corrected chi connectivity index (χ1v) is 21.7. The largest absolute Gasteiger partial charge is 0.481 e. The van der Waals surface area contributed by atoms with Gasteiger partial charge in [0.2, 0.25) is 16.9 Å². The first-order valence-electron chi connectivity index (χ1n) is 16.2. The number of hydrogen-bond donors (Lipinski definition) is 9. The van der Waals surface area contributed by atoms with Crippen LogP contribution in [0.25, 0.3) is 11.2 Å². The van der Waals surface area contributed by atoms with Gasteiger partial charge in [0, 0.05) is 36.2 Å². The minimum atomic E-state index is -5.57. The molecule has 28 heteroatoms. The molecule has 2 unspecified atom stereocenters. The van der Waals surface area contributed by atoms with Crippen LogP contribution in [-0.2, 0) is 45.9 Å². The molecule has 2 aromatic heterocycles. The predicted octanol–water partition coefficient (Wildman–Crippen LogP) is -0.0215. The third kappa shape index (κ3) is 12.9. The van der Waals surface area contributed by atoms with Gasteiger partial charge in [0.05, 0.1) is 19.5 Å². The number of anilines is 1. The maximum atomic E-state index is 12.7. The number of nitrogen functional groups attached to an aromatic ring is 1. The van der Waals surface area contributed by atoms with Crippen molar-refractivity contribution in [3.8, 4) is 0 Å². The summed E-state index contributed by atoms with van der Waals surface area (Å²) < 4.78 is 62.1. The van der Waals surface area contributed by atoms with Gasteiger partial charge in [0.25, 0.3) is 0 Å². The van der Waals surface area contributed by atoms with Crippen LogP contribution in [0.1, 0.15) is 36.9 Å². The van der Waals surface area contributed by atoms with E-state index in [9.17, 15) is 57.9 Å². The average Bonchev–Trinajstić information content (AvgIpc) is 3.68. The Kier molecular flexibility index (Phi) is 15.4. The third-order valence-electron chi connectivity index (χ3n) is 7.74. The number of fused-ring (bicyclic) bond motifs is 1. The lowest BCUT2D eigenvalue weighted by Gasteiger charge is -2.30. The van der Waals surface area contributed by atoms with E-state index < -0.39 is 84.6 Å². The van der Waals surface area contributed by atoms with Gasteiger partial charge in [-0.05, 0) is 0 Å². The quantitative estimate of drug-likeness (QED) is 0.0532. The molecule has 0 bridgehead atoms. The molecule has 0 spiro atoms. The first-order chi connectivity index (χ1) is 26.1. The Morgan fingerprint density at radius 3 is 2.38 bits per heavy atom. The van der Waals surface area contributed by atoms with E-state index in [0.717, 1.165) is 29.0 Å². The molecular weight excluding hydrogens is 831 g/mol. The topological polar surface area (TPSA) is 364 Å². The molecule has 3 heterocycles. The van der Waals surface area contributed by atoms with Crippen molar-refractivity contribution in [3.05, 3.63) is 48.5 Å². The summed E-state index contributed by atoms with van der Waals surface area (Å²) in [6, 6.07) is 8.58. The van der Waals surface area contributed by atoms with E-state index >= 15 is 0 Å². The number of phosphoric acid groups is 3. The maximum absolute atomic E-state index is 12.7. The van der Waals surface area contributed by atoms with Crippen LogP contribution in [0.5, 0.6) is 0 Å². The number of benzene rings is 1. The number of nitrogens with one attached hydrogen (secondary N) is 2. The van der Waals surface area contributed by atoms with Gasteiger partial charge in [0.1, 0.15) is 36.3 Å². The summed E-state index contributed by atoms with van der Waals surface area (Å²) in [5.41, 5.74) is 4.78. The fourth-order valence-corrected chi connectivity index (χ4v) is 8.45. The lowest BCUT2D eigenvalue weighted by Crippen LogP contribution is -2.46. The Morgan fingerprint density at radius 1 is 1.02 bits per heavy atom. The van der Waals surface area contributed by atoms with Gasteiger partial charge in [-0.15, -0.1) is 0 Å². The highest BCUT2D eigenvalue weighted by Crippen LogP contribution is 2.61. The summed E-state index contributed by atoms with van der Waals surface area (Å²) in [4.78, 5) is 87.7. The van der Waals surface area contributed by atoms with Gasteiger partial charge in [-0.1, -0.05) is 55.9 Å². The highest BCUT2D eigenvalue weighted by atomic mass is 32.2. The standard InChI is InChI=1S/C28H40N7O17P3S/c1-28(2,22(38)25(39)31-9-8-18(36)30-10-11-56-27(40)16-6-4-3-5-7-16)13-49-55(46,47)52-54(44,45)48-12-17-21(51-53(41,42)43)20(37)26(50-17)35-15-34-19-23(29)32-14-33-24(19)35/h3-7,14-15,17,20-22,26,37-38H,8-13H2,1-2H3,(H,30,36)(H,31,39)(H,44,45)(H,46,47)(H2,29,32,33)(H2,41,42,43)/t17-,20+,21+,22-,26-/m0/s1. The van der Waals surface area contributed by atoms with Gasteiger partial charge in [-0.3, -0.25) is 32.5 Å². The molecule has 1 aromatic carbocycles. The van der Waals surface area contributed by atoms with Crippen molar-refractivity contribution in [1.82, 2.24) is 30.2 Å². The van der Waals surface area contributed by atoms with Gasteiger partial charge < -0.3 is 50.9 Å². The number of nitrogens with two attached hydrogens (primary N) is 1. The van der Waals surface area contributed by atoms with Gasteiger partial charge >= 0.3 is 23.5 Å². The second kappa shape index (κ2) is 19.0. The van der Waals surface area contributed by atoms with Crippen LogP contribution in [0, 0.1) is 5.41 Å². The molecule has 0 radical (unpaired) electrons. The van der Waals surface area contributed by atoms with Crippen molar-refractivity contribution in [3.63, 3.8) is 0 Å². The third-order valence-corrected chi connectivity index (χ3v) is 11.8. The molecule has 0 saturated carbocycles. The van der Waals surface area contributed by atoms with Crippen molar-refractivity contribution in [2.75, 3.05) is 37.8 Å². The van der Waals surface area contributed by atoms with Gasteiger partial charge in [0.15, 0.2) is 17.7 Å². The lowest BCUT2D eigenvalue weighted by molar-refractivity contribution is -0.137. The number of aliphatic hydroxyl groups is 2. The molecule has 1 aliphatic rings. The minimum absolute atomic E-state index is 0.0292. The van der Waals surface area contributed by atoms with Crippen LogP contribution in [-0.4, -0.2) is 123 Å². The molecule has 3 aromatic rings. The number of nitrogens with zero attached hydrogens (tertiary/aromatic N) is 4. The Labute approximate surface area is 321 Å². The number of carbonyl (C=O) groups excluding carboxylic acids is 3. The van der Waals surface area contributed by atoms with Crippen molar-refractivity contribution in [2.24, 2.45) is 5.41 Å². The van der Waals surface area contributed by atoms with E-state index in [0.29, 0.717) is 11.3 Å². The smallest absolute Gasteiger partial charge is 0.386 e. The number of phosphoric ester groups is 3. The summed E-state index contributed by atoms with van der Waals surface area (Å²) in [6.07, 6.45) is -6.94. The number of ether oxygens (including phenoxy) is 1. The number of rotatable bonds is 20. The van der Waals surface area contributed by atoms with E-state index in [4.69, 9.17) is 19.5 Å². The monoisotopic (exact) mass is 871 g/mol. The Morgan fingerprint density at radius 2 is 1.70 bits per heavy atom. The highest BCUT2D eigenvalue weighted by molar-refractivity contribution is 8.14. The van der Waals surface area contributed by atoms with Crippen molar-refractivity contribution in [1.29, 1.82) is 0 Å². The van der Waals surface area contributed by atoms with E-state index in [1.807, 2.05) is 0 Å². The fourth-order valence-electron chi connectivity index (χ4n) is 4.93. The Balaban J connectivity index is 1.23. The summed E-state index contributed by atoms with van der Waals surface area (Å²) in [7, 11) is -16.4. The SMILES string of the molecule is CC(C)(COP(=O)(O)OP(=O)(O)OC[C@@H]1O[C@H](n2cnc3c(N)ncnc32)[C@H](O)[C@@H]1OP(=O)(O)O)[C@@H](O)C(=O)NCCC(=O)NCCSC(=O)c1ccccc1. The molecule has 1 aliphatic heterocycles. The van der Waals surface area contributed by atoms with Crippen LogP contribution in [0.15, 0.2) is 43.0 Å². The predicted molar refractivity (Wildman–Crippen MR) is 193 cm³/mol. The van der Waals surface area contributed by atoms with Crippen LogP contribution >= 0.6 is 35.2 Å². The van der Waals surface area contributed by atoms with Crippen LogP contribution in [0.3, 0.4) is 0 Å². The molecule has 4 rings (SSSR count). The fraction of sp³-hybridized carbons (Fsp3) is 0.500. The number of imidazole rings is 1. The molecule has 1 fully saturated rings. The Hall–Kier alpha value is -3.22. The minimum Gasteiger partial charge on any atom is -0.386 e. The van der Waals surface area contributed by atoms with E-state index in [2.05, 4.69) is 34.4 Å². The molecule has 7 atom stereocenters. The molecule has 0 aliphatic carbocycles. The molecule has 310 valence electrons. The number of carbonyl (C=O) groups is 3. The summed E-state index contributed by atoms with van der Waals surface area (Å²) in [5, 5.41) is 26.2. The molecule has 56 heavy (non-hydrogen) atoms. The molecule has 10 N–H and O–H groups in total. The zero-order chi connectivity index (χ0) is 41.5. The number of aromatic nitrogens is 4. The second-order valence-corrected chi connectivity index (χ2v) is 17.9. The number of hydrogen-bond acceptors (Lipinski definition) is 18. The average molecular weight is 872 g/mol. The summed E-state index contributed by atoms with van der Waals surface area (Å²) in [5.74, 6) is -1.17. The molecule has 1 saturated heterocycles. The van der Waals surface area contributed by atoms with Crippen LogP contribution in [0.2, 0.25) is 0 Å². The zero-order valence-electron chi connectivity index (χ0n) is 29.5. The van der Waals surface area contributed by atoms with E-state index in [-0.39, 0.29) is 41.6 Å². The number of aliphatic hydroxyl groups excluding tert-OH is 2. The van der Waals surface area contributed by atoms with Crippen LogP contribution < -0.4 is 16.4 Å². The Bertz CT molecular complexity index is 2000. The zero-order valence-corrected chi connectivity index (χ0v) is 33.0. The number of amides is 2. The summed E-state index contributed by atoms with van der Waals surface area (Å²) in [6.45, 7) is 0.448. The molecule has 2 amide bonds. The second-order valence-electron chi connectivity index (χ2n) is 12.6. The van der Waals surface area contributed by atoms with E-state index in [1.54, 1.807) is 30.3 Å². The molecular formula is C28H40N7O17P3S. The molecule has 24 nitrogen and oxygen atoms in total. The number of thioether (sulfide) groups is 1. The van der Waals surface area contributed by atoms with Crippen molar-refractivity contribution < 1.29 is 80.5 Å². The first kappa shape index (κ1) is 45.5. The van der Waals surface area contributed by atoms with E-state index in [1.165, 1.54) is 13.8 Å². The van der Waals surface area contributed by atoms with Gasteiger partial charge in [-0.25, -0.2) is 28.6 Å². The maximum Gasteiger partial charge on any atom is 0.481 e.